The standard InChI is InChI=1S/C24H20FNO5S/c1-15-3-13-20(14-4-15)32(29,30)23-21(16-5-7-17(25)8-6-16)26(24(28)22(23)27)18-9-11-19(31-2)12-10-18/h3-14,21,27H,1-2H3/t21-/m1/s1. The maximum absolute atomic E-state index is 13.6. The molecule has 1 atom stereocenters. The molecule has 6 nitrogen and oxygen atoms in total. The molecule has 3 aromatic carbocycles. The quantitative estimate of drug-likeness (QED) is 0.616. The van der Waals surface area contributed by atoms with Crippen molar-refractivity contribution in [2.45, 2.75) is 17.9 Å². The number of anilines is 1. The second-order valence-corrected chi connectivity index (χ2v) is 9.27. The lowest BCUT2D eigenvalue weighted by Gasteiger charge is -2.27. The average Bonchev–Trinajstić information content (AvgIpc) is 3.06. The first kappa shape index (κ1) is 21.6. The molecule has 0 radical (unpaired) electrons. The van der Waals surface area contributed by atoms with Gasteiger partial charge in [-0.2, -0.15) is 0 Å². The first-order valence-electron chi connectivity index (χ1n) is 9.72. The van der Waals surface area contributed by atoms with E-state index in [9.17, 15) is 22.7 Å². The molecule has 8 heteroatoms. The summed E-state index contributed by atoms with van der Waals surface area (Å²) in [6, 6.07) is 16.5. The number of nitrogens with zero attached hydrogens (tertiary/aromatic N) is 1. The Morgan fingerprint density at radius 3 is 2.09 bits per heavy atom. The number of hydrogen-bond donors (Lipinski definition) is 1. The Labute approximate surface area is 185 Å². The van der Waals surface area contributed by atoms with Crippen molar-refractivity contribution in [3.05, 3.63) is 100 Å². The molecule has 164 valence electrons. The number of hydrogen-bond acceptors (Lipinski definition) is 5. The molecule has 0 saturated carbocycles. The van der Waals surface area contributed by atoms with E-state index in [4.69, 9.17) is 4.74 Å². The van der Waals surface area contributed by atoms with E-state index in [0.29, 0.717) is 17.0 Å². The molecule has 1 aliphatic rings. The van der Waals surface area contributed by atoms with Gasteiger partial charge in [-0.15, -0.1) is 0 Å². The number of carbonyl (C=O) groups is 1. The van der Waals surface area contributed by atoms with Crippen LogP contribution < -0.4 is 9.64 Å². The van der Waals surface area contributed by atoms with Crippen molar-refractivity contribution >= 4 is 21.4 Å². The second-order valence-electron chi connectivity index (χ2n) is 7.36. The molecule has 4 rings (SSSR count). The molecule has 0 fully saturated rings. The van der Waals surface area contributed by atoms with E-state index in [1.54, 1.807) is 36.4 Å². The van der Waals surface area contributed by atoms with Crippen LogP contribution >= 0.6 is 0 Å². The third kappa shape index (κ3) is 3.62. The van der Waals surface area contributed by atoms with Crippen LogP contribution in [0.5, 0.6) is 5.75 Å². The van der Waals surface area contributed by atoms with E-state index in [0.717, 1.165) is 5.56 Å². The topological polar surface area (TPSA) is 83.9 Å². The summed E-state index contributed by atoms with van der Waals surface area (Å²) < 4.78 is 45.8. The highest BCUT2D eigenvalue weighted by molar-refractivity contribution is 7.95. The van der Waals surface area contributed by atoms with Crippen molar-refractivity contribution in [1.29, 1.82) is 0 Å². The highest BCUT2D eigenvalue weighted by atomic mass is 32.2. The number of rotatable bonds is 5. The first-order valence-corrected chi connectivity index (χ1v) is 11.2. The minimum Gasteiger partial charge on any atom is -0.502 e. The Bertz CT molecular complexity index is 1300. The molecule has 32 heavy (non-hydrogen) atoms. The summed E-state index contributed by atoms with van der Waals surface area (Å²) in [5, 5.41) is 10.7. The molecular weight excluding hydrogens is 433 g/mol. The Morgan fingerprint density at radius 1 is 0.938 bits per heavy atom. The van der Waals surface area contributed by atoms with Crippen LogP contribution in [0.1, 0.15) is 17.2 Å². The van der Waals surface area contributed by atoms with Crippen LogP contribution in [0, 0.1) is 12.7 Å². The molecule has 1 heterocycles. The number of aryl methyl sites for hydroxylation is 1. The zero-order chi connectivity index (χ0) is 23.0. The SMILES string of the molecule is COc1ccc(N2C(=O)C(O)=C(S(=O)(=O)c3ccc(C)cc3)[C@H]2c2ccc(F)cc2)cc1. The number of carbonyl (C=O) groups excluding carboxylic acids is 1. The van der Waals surface area contributed by atoms with E-state index in [1.807, 2.05) is 6.92 Å². The van der Waals surface area contributed by atoms with Crippen LogP contribution in [0.2, 0.25) is 0 Å². The van der Waals surface area contributed by atoms with Gasteiger partial charge in [-0.25, -0.2) is 12.8 Å². The van der Waals surface area contributed by atoms with Gasteiger partial charge in [0.25, 0.3) is 5.91 Å². The van der Waals surface area contributed by atoms with Crippen molar-refractivity contribution in [2.75, 3.05) is 12.0 Å². The number of amides is 1. The maximum atomic E-state index is 13.6. The van der Waals surface area contributed by atoms with Gasteiger partial charge < -0.3 is 9.84 Å². The lowest BCUT2D eigenvalue weighted by atomic mass is 10.1. The van der Waals surface area contributed by atoms with Gasteiger partial charge in [-0.3, -0.25) is 9.69 Å². The van der Waals surface area contributed by atoms with Gasteiger partial charge in [0.2, 0.25) is 9.84 Å². The lowest BCUT2D eigenvalue weighted by Crippen LogP contribution is -2.31. The van der Waals surface area contributed by atoms with E-state index in [-0.39, 0.29) is 4.90 Å². The normalized spacial score (nSPS) is 16.5. The number of methoxy groups -OCH3 is 1. The molecule has 1 N–H and O–H groups in total. The van der Waals surface area contributed by atoms with E-state index in [1.165, 1.54) is 48.4 Å². The average molecular weight is 453 g/mol. The summed E-state index contributed by atoms with van der Waals surface area (Å²) in [5.74, 6) is -1.69. The van der Waals surface area contributed by atoms with Crippen LogP contribution in [-0.2, 0) is 14.6 Å². The van der Waals surface area contributed by atoms with Crippen molar-refractivity contribution < 1.29 is 27.4 Å². The van der Waals surface area contributed by atoms with E-state index in [2.05, 4.69) is 0 Å². The smallest absolute Gasteiger partial charge is 0.295 e. The highest BCUT2D eigenvalue weighted by Gasteiger charge is 2.47. The van der Waals surface area contributed by atoms with Crippen molar-refractivity contribution in [3.63, 3.8) is 0 Å². The van der Waals surface area contributed by atoms with Crippen LogP contribution in [0.15, 0.2) is 88.4 Å². The fourth-order valence-corrected chi connectivity index (χ4v) is 5.28. The molecule has 3 aromatic rings. The molecule has 0 aliphatic carbocycles. The fraction of sp³-hybridized carbons (Fsp3) is 0.125. The fourth-order valence-electron chi connectivity index (χ4n) is 3.66. The number of sulfone groups is 1. The Kier molecular flexibility index (Phi) is 5.48. The molecule has 0 unspecified atom stereocenters. The summed E-state index contributed by atoms with van der Waals surface area (Å²) >= 11 is 0. The lowest BCUT2D eigenvalue weighted by molar-refractivity contribution is -0.117. The zero-order valence-electron chi connectivity index (χ0n) is 17.3. The second kappa shape index (κ2) is 8.12. The van der Waals surface area contributed by atoms with Crippen LogP contribution in [-0.4, -0.2) is 26.5 Å². The van der Waals surface area contributed by atoms with Gasteiger partial charge in [-0.05, 0) is 61.0 Å². The first-order chi connectivity index (χ1) is 15.2. The van der Waals surface area contributed by atoms with Crippen LogP contribution in [0.25, 0.3) is 0 Å². The molecular formula is C24H20FNO5S. The van der Waals surface area contributed by atoms with Crippen LogP contribution in [0.4, 0.5) is 10.1 Å². The predicted molar refractivity (Wildman–Crippen MR) is 118 cm³/mol. The Hall–Kier alpha value is -3.65. The van der Waals surface area contributed by atoms with Crippen molar-refractivity contribution in [1.82, 2.24) is 0 Å². The molecule has 0 aromatic heterocycles. The maximum Gasteiger partial charge on any atom is 0.295 e. The molecule has 0 saturated heterocycles. The van der Waals surface area contributed by atoms with E-state index < -0.39 is 38.3 Å². The Balaban J connectivity index is 1.91. The number of ether oxygens (including phenoxy) is 1. The molecule has 0 spiro atoms. The van der Waals surface area contributed by atoms with Gasteiger partial charge in [-0.1, -0.05) is 29.8 Å². The number of benzene rings is 3. The third-order valence-electron chi connectivity index (χ3n) is 5.32. The Morgan fingerprint density at radius 2 is 1.53 bits per heavy atom. The number of aliphatic hydroxyl groups is 1. The van der Waals surface area contributed by atoms with Gasteiger partial charge in [0, 0.05) is 5.69 Å². The molecule has 0 bridgehead atoms. The monoisotopic (exact) mass is 453 g/mol. The summed E-state index contributed by atoms with van der Waals surface area (Å²) in [6.07, 6.45) is 0. The molecule has 1 amide bonds. The highest BCUT2D eigenvalue weighted by Crippen LogP contribution is 2.45. The van der Waals surface area contributed by atoms with Crippen molar-refractivity contribution in [3.8, 4) is 5.75 Å². The van der Waals surface area contributed by atoms with Gasteiger partial charge in [0.1, 0.15) is 22.5 Å². The van der Waals surface area contributed by atoms with Gasteiger partial charge in [0.05, 0.1) is 12.0 Å². The minimum atomic E-state index is -4.25. The number of halogens is 1. The summed E-state index contributed by atoms with van der Waals surface area (Å²) in [7, 11) is -2.75. The minimum absolute atomic E-state index is 0.0545. The largest absolute Gasteiger partial charge is 0.502 e. The predicted octanol–water partition coefficient (Wildman–Crippen LogP) is 4.47. The number of aliphatic hydroxyl groups excluding tert-OH is 1. The summed E-state index contributed by atoms with van der Waals surface area (Å²) in [6.45, 7) is 1.82. The third-order valence-corrected chi connectivity index (χ3v) is 7.21. The van der Waals surface area contributed by atoms with E-state index >= 15 is 0 Å². The zero-order valence-corrected chi connectivity index (χ0v) is 18.1. The van der Waals surface area contributed by atoms with Crippen LogP contribution in [0.3, 0.4) is 0 Å². The summed E-state index contributed by atoms with van der Waals surface area (Å²) in [4.78, 5) is 13.8. The van der Waals surface area contributed by atoms with Gasteiger partial charge in [0.15, 0.2) is 5.76 Å². The van der Waals surface area contributed by atoms with Gasteiger partial charge >= 0.3 is 0 Å². The molecule has 1 aliphatic heterocycles. The summed E-state index contributed by atoms with van der Waals surface area (Å²) in [5.41, 5.74) is 1.55. The van der Waals surface area contributed by atoms with Crippen molar-refractivity contribution in [2.24, 2.45) is 0 Å².